The summed E-state index contributed by atoms with van der Waals surface area (Å²) < 4.78 is 5.20. The molecule has 0 aliphatic carbocycles. The molecule has 0 saturated carbocycles. The highest BCUT2D eigenvalue weighted by Crippen LogP contribution is 2.23. The van der Waals surface area contributed by atoms with E-state index in [1.54, 1.807) is 7.11 Å². The van der Waals surface area contributed by atoms with Gasteiger partial charge in [0.25, 0.3) is 0 Å². The summed E-state index contributed by atoms with van der Waals surface area (Å²) in [4.78, 5) is 2.15. The summed E-state index contributed by atoms with van der Waals surface area (Å²) in [5.41, 5.74) is 2.66. The number of nitriles is 1. The van der Waals surface area contributed by atoms with E-state index in [1.807, 2.05) is 18.3 Å². The van der Waals surface area contributed by atoms with E-state index in [9.17, 15) is 0 Å². The highest BCUT2D eigenvalue weighted by Gasteiger charge is 2.13. The summed E-state index contributed by atoms with van der Waals surface area (Å²) in [6.45, 7) is 1.83. The summed E-state index contributed by atoms with van der Waals surface area (Å²) in [5, 5.41) is 8.48. The Labute approximate surface area is 95.6 Å². The smallest absolute Gasteiger partial charge is 0.119 e. The van der Waals surface area contributed by atoms with Crippen molar-refractivity contribution in [3.05, 3.63) is 41.6 Å². The average Bonchev–Trinajstić information content (AvgIpc) is 2.35. The lowest BCUT2D eigenvalue weighted by Gasteiger charge is -2.27. The van der Waals surface area contributed by atoms with Gasteiger partial charge >= 0.3 is 0 Å². The predicted molar refractivity (Wildman–Crippen MR) is 61.9 cm³/mol. The molecule has 0 aromatic heterocycles. The summed E-state index contributed by atoms with van der Waals surface area (Å²) in [6, 6.07) is 8.19. The van der Waals surface area contributed by atoms with Gasteiger partial charge in [-0.25, -0.2) is 0 Å². The van der Waals surface area contributed by atoms with Gasteiger partial charge in [0.05, 0.1) is 13.2 Å². The minimum atomic E-state index is 0.873. The average molecular weight is 214 g/mol. The molecular formula is C13H14N2O. The fourth-order valence-corrected chi connectivity index (χ4v) is 1.94. The maximum absolute atomic E-state index is 8.48. The molecule has 82 valence electrons. The van der Waals surface area contributed by atoms with Crippen molar-refractivity contribution in [1.29, 1.82) is 5.26 Å². The Morgan fingerprint density at radius 3 is 3.06 bits per heavy atom. The molecule has 1 aliphatic rings. The van der Waals surface area contributed by atoms with E-state index < -0.39 is 0 Å². The molecule has 0 fully saturated rings. The van der Waals surface area contributed by atoms with Crippen LogP contribution in [0, 0.1) is 11.3 Å². The Balaban J connectivity index is 2.16. The van der Waals surface area contributed by atoms with Crippen LogP contribution in [0.2, 0.25) is 0 Å². The predicted octanol–water partition coefficient (Wildman–Crippen LogP) is 2.09. The monoisotopic (exact) mass is 214 g/mol. The van der Waals surface area contributed by atoms with E-state index in [0.29, 0.717) is 0 Å². The van der Waals surface area contributed by atoms with Crippen LogP contribution in [0.4, 0.5) is 0 Å². The van der Waals surface area contributed by atoms with Gasteiger partial charge in [-0.1, -0.05) is 6.07 Å². The number of fused-ring (bicyclic) bond motifs is 1. The summed E-state index contributed by atoms with van der Waals surface area (Å²) >= 11 is 0. The van der Waals surface area contributed by atoms with Gasteiger partial charge < -0.3 is 9.64 Å². The van der Waals surface area contributed by atoms with Gasteiger partial charge in [0.2, 0.25) is 0 Å². The van der Waals surface area contributed by atoms with Crippen molar-refractivity contribution in [2.75, 3.05) is 13.7 Å². The van der Waals surface area contributed by atoms with Gasteiger partial charge in [-0.3, -0.25) is 0 Å². The van der Waals surface area contributed by atoms with Crippen LogP contribution in [0.3, 0.4) is 0 Å². The van der Waals surface area contributed by atoms with Crippen molar-refractivity contribution in [2.45, 2.75) is 13.0 Å². The normalized spacial score (nSPS) is 14.6. The number of rotatable bonds is 2. The molecule has 1 aliphatic heterocycles. The number of ether oxygens (including phenoxy) is 1. The lowest BCUT2D eigenvalue weighted by molar-refractivity contribution is 0.351. The maximum atomic E-state index is 8.48. The van der Waals surface area contributed by atoms with E-state index in [4.69, 9.17) is 10.00 Å². The lowest BCUT2D eigenvalue weighted by Crippen LogP contribution is -2.25. The Morgan fingerprint density at radius 1 is 1.44 bits per heavy atom. The van der Waals surface area contributed by atoms with Crippen LogP contribution in [-0.2, 0) is 13.0 Å². The molecule has 0 unspecified atom stereocenters. The summed E-state index contributed by atoms with van der Waals surface area (Å²) in [7, 11) is 1.69. The second-order valence-electron chi connectivity index (χ2n) is 3.80. The van der Waals surface area contributed by atoms with Gasteiger partial charge in [-0.05, 0) is 29.7 Å². The molecule has 0 bridgehead atoms. The van der Waals surface area contributed by atoms with Crippen molar-refractivity contribution < 1.29 is 4.74 Å². The van der Waals surface area contributed by atoms with Crippen molar-refractivity contribution in [1.82, 2.24) is 4.90 Å². The molecule has 1 aromatic carbocycles. The number of methoxy groups -OCH3 is 1. The molecule has 0 N–H and O–H groups in total. The minimum Gasteiger partial charge on any atom is -0.497 e. The molecule has 1 aromatic rings. The van der Waals surface area contributed by atoms with E-state index in [2.05, 4.69) is 17.0 Å². The largest absolute Gasteiger partial charge is 0.497 e. The molecule has 0 atom stereocenters. The maximum Gasteiger partial charge on any atom is 0.119 e. The lowest BCUT2D eigenvalue weighted by atomic mass is 10.00. The zero-order chi connectivity index (χ0) is 11.4. The van der Waals surface area contributed by atoms with Crippen LogP contribution in [0.25, 0.3) is 0 Å². The van der Waals surface area contributed by atoms with Crippen LogP contribution >= 0.6 is 0 Å². The zero-order valence-corrected chi connectivity index (χ0v) is 9.31. The standard InChI is InChI=1S/C13H14N2O/c1-16-13-4-3-12-10-15(7-2-6-14)8-5-11(12)9-13/h2-4,7,9H,5,8,10H2,1H3/b7-2+. The first-order valence-electron chi connectivity index (χ1n) is 5.29. The molecule has 0 radical (unpaired) electrons. The third kappa shape index (κ3) is 2.17. The molecule has 3 nitrogen and oxygen atoms in total. The highest BCUT2D eigenvalue weighted by atomic mass is 16.5. The van der Waals surface area contributed by atoms with Gasteiger partial charge in [-0.2, -0.15) is 5.26 Å². The van der Waals surface area contributed by atoms with Crippen molar-refractivity contribution in [3.63, 3.8) is 0 Å². The first-order chi connectivity index (χ1) is 7.83. The van der Waals surface area contributed by atoms with E-state index in [-0.39, 0.29) is 0 Å². The Bertz CT molecular complexity index is 446. The molecular weight excluding hydrogens is 200 g/mol. The third-order valence-corrected chi connectivity index (χ3v) is 2.82. The topological polar surface area (TPSA) is 36.3 Å². The first kappa shape index (κ1) is 10.6. The third-order valence-electron chi connectivity index (χ3n) is 2.82. The van der Waals surface area contributed by atoms with Crippen LogP contribution < -0.4 is 4.74 Å². The van der Waals surface area contributed by atoms with E-state index in [1.165, 1.54) is 17.2 Å². The second kappa shape index (κ2) is 4.71. The number of hydrogen-bond donors (Lipinski definition) is 0. The second-order valence-corrected chi connectivity index (χ2v) is 3.80. The number of allylic oxidation sites excluding steroid dienone is 1. The SMILES string of the molecule is COc1ccc2c(c1)CCN(/C=C/C#N)C2. The van der Waals surface area contributed by atoms with Gasteiger partial charge in [0.1, 0.15) is 5.75 Å². The highest BCUT2D eigenvalue weighted by molar-refractivity contribution is 5.37. The van der Waals surface area contributed by atoms with Gasteiger partial charge in [-0.15, -0.1) is 0 Å². The van der Waals surface area contributed by atoms with Crippen molar-refractivity contribution >= 4 is 0 Å². The Hall–Kier alpha value is -1.95. The van der Waals surface area contributed by atoms with Gasteiger partial charge in [0.15, 0.2) is 0 Å². The summed E-state index contributed by atoms with van der Waals surface area (Å²) in [5.74, 6) is 0.916. The molecule has 0 amide bonds. The summed E-state index contributed by atoms with van der Waals surface area (Å²) in [6.07, 6.45) is 4.38. The zero-order valence-electron chi connectivity index (χ0n) is 9.31. The van der Waals surface area contributed by atoms with Crippen LogP contribution in [0.1, 0.15) is 11.1 Å². The van der Waals surface area contributed by atoms with Gasteiger partial charge in [0, 0.05) is 25.4 Å². The number of nitrogens with zero attached hydrogens (tertiary/aromatic N) is 2. The first-order valence-corrected chi connectivity index (χ1v) is 5.29. The fraction of sp³-hybridized carbons (Fsp3) is 0.308. The minimum absolute atomic E-state index is 0.873. The Kier molecular flexibility index (Phi) is 3.11. The number of hydrogen-bond acceptors (Lipinski definition) is 3. The van der Waals surface area contributed by atoms with E-state index >= 15 is 0 Å². The van der Waals surface area contributed by atoms with E-state index in [0.717, 1.165) is 25.3 Å². The quantitative estimate of drug-likeness (QED) is 0.707. The molecule has 1 heterocycles. The molecule has 0 saturated heterocycles. The van der Waals surface area contributed by atoms with Crippen LogP contribution in [-0.4, -0.2) is 18.6 Å². The number of benzene rings is 1. The molecule has 2 rings (SSSR count). The van der Waals surface area contributed by atoms with Crippen LogP contribution in [0.5, 0.6) is 5.75 Å². The molecule has 16 heavy (non-hydrogen) atoms. The fourth-order valence-electron chi connectivity index (χ4n) is 1.94. The Morgan fingerprint density at radius 2 is 2.31 bits per heavy atom. The van der Waals surface area contributed by atoms with Crippen molar-refractivity contribution in [2.24, 2.45) is 0 Å². The molecule has 0 spiro atoms. The van der Waals surface area contributed by atoms with Crippen molar-refractivity contribution in [3.8, 4) is 11.8 Å². The molecule has 3 heteroatoms. The van der Waals surface area contributed by atoms with Crippen LogP contribution in [0.15, 0.2) is 30.5 Å².